The van der Waals surface area contributed by atoms with Crippen molar-refractivity contribution in [3.05, 3.63) is 16.0 Å². The van der Waals surface area contributed by atoms with Crippen molar-refractivity contribution in [1.82, 2.24) is 0 Å². The molecule has 1 heterocycles. The van der Waals surface area contributed by atoms with E-state index in [-0.39, 0.29) is 18.4 Å². The van der Waals surface area contributed by atoms with Crippen LogP contribution in [0.15, 0.2) is 0 Å². The zero-order valence-corrected chi connectivity index (χ0v) is 14.1. The molecule has 1 amide bonds. The number of carbonyl (C=O) groups is 2. The molecule has 0 unspecified atom stereocenters. The Kier molecular flexibility index (Phi) is 5.92. The Morgan fingerprint density at radius 2 is 1.95 bits per heavy atom. The summed E-state index contributed by atoms with van der Waals surface area (Å²) in [5, 5.41) is 3.39. The molecule has 6 heteroatoms. The van der Waals surface area contributed by atoms with Crippen LogP contribution in [-0.4, -0.2) is 25.0 Å². The van der Waals surface area contributed by atoms with Crippen LogP contribution in [-0.2, 0) is 16.0 Å². The number of esters is 1. The van der Waals surface area contributed by atoms with Gasteiger partial charge >= 0.3 is 5.97 Å². The van der Waals surface area contributed by atoms with E-state index in [4.69, 9.17) is 10.5 Å². The molecule has 3 N–H and O–H groups in total. The normalized spacial score (nSPS) is 11.3. The van der Waals surface area contributed by atoms with E-state index in [2.05, 4.69) is 5.32 Å². The first kappa shape index (κ1) is 17.7. The maximum atomic E-state index is 12.3. The SMILES string of the molecule is CCOC(=O)c1c(NC(=O)C(C)(C)CN)sc(C)c1CC. The predicted octanol–water partition coefficient (Wildman–Crippen LogP) is 2.72. The number of thiophene rings is 1. The van der Waals surface area contributed by atoms with E-state index in [1.54, 1.807) is 20.8 Å². The molecule has 0 bridgehead atoms. The fraction of sp³-hybridized carbons (Fsp3) is 0.600. The molecule has 0 aliphatic heterocycles. The minimum Gasteiger partial charge on any atom is -0.462 e. The molecular weight excluding hydrogens is 288 g/mol. The van der Waals surface area contributed by atoms with Crippen molar-refractivity contribution in [2.24, 2.45) is 11.1 Å². The summed E-state index contributed by atoms with van der Waals surface area (Å²) >= 11 is 1.40. The zero-order chi connectivity index (χ0) is 16.2. The largest absolute Gasteiger partial charge is 0.462 e. The van der Waals surface area contributed by atoms with Gasteiger partial charge in [-0.15, -0.1) is 11.3 Å². The third-order valence-electron chi connectivity index (χ3n) is 3.39. The molecule has 1 aromatic rings. The number of anilines is 1. The highest BCUT2D eigenvalue weighted by atomic mass is 32.1. The maximum absolute atomic E-state index is 12.3. The summed E-state index contributed by atoms with van der Waals surface area (Å²) in [7, 11) is 0. The Balaban J connectivity index is 3.18. The van der Waals surface area contributed by atoms with E-state index in [0.29, 0.717) is 23.6 Å². The van der Waals surface area contributed by atoms with Gasteiger partial charge in [0.25, 0.3) is 0 Å². The van der Waals surface area contributed by atoms with Crippen LogP contribution in [0.1, 0.15) is 48.5 Å². The number of amides is 1. The van der Waals surface area contributed by atoms with Crippen LogP contribution in [0.4, 0.5) is 5.00 Å². The van der Waals surface area contributed by atoms with Gasteiger partial charge in [0.2, 0.25) is 5.91 Å². The minimum atomic E-state index is -0.684. The average Bonchev–Trinajstić information content (AvgIpc) is 2.74. The van der Waals surface area contributed by atoms with Crippen molar-refractivity contribution in [1.29, 1.82) is 0 Å². The van der Waals surface area contributed by atoms with E-state index in [9.17, 15) is 9.59 Å². The summed E-state index contributed by atoms with van der Waals surface area (Å²) in [5.41, 5.74) is 6.34. The third kappa shape index (κ3) is 3.83. The van der Waals surface area contributed by atoms with E-state index >= 15 is 0 Å². The van der Waals surface area contributed by atoms with Crippen LogP contribution >= 0.6 is 11.3 Å². The van der Waals surface area contributed by atoms with Crippen LogP contribution in [0, 0.1) is 12.3 Å². The molecule has 0 spiro atoms. The van der Waals surface area contributed by atoms with Gasteiger partial charge in [-0.3, -0.25) is 4.79 Å². The quantitative estimate of drug-likeness (QED) is 0.791. The van der Waals surface area contributed by atoms with Gasteiger partial charge in [-0.1, -0.05) is 6.92 Å². The lowest BCUT2D eigenvalue weighted by Gasteiger charge is -2.21. The molecule has 0 radical (unpaired) electrons. The van der Waals surface area contributed by atoms with Crippen molar-refractivity contribution in [2.75, 3.05) is 18.5 Å². The summed E-state index contributed by atoms with van der Waals surface area (Å²) in [6, 6.07) is 0. The second-order valence-electron chi connectivity index (χ2n) is 5.46. The van der Waals surface area contributed by atoms with Gasteiger partial charge in [-0.05, 0) is 39.7 Å². The standard InChI is InChI=1S/C15H24N2O3S/c1-6-10-9(3)21-12(11(10)13(18)20-7-2)17-14(19)15(4,5)8-16/h6-8,16H2,1-5H3,(H,17,19). The number of hydrogen-bond donors (Lipinski definition) is 2. The van der Waals surface area contributed by atoms with Crippen molar-refractivity contribution in [2.45, 2.75) is 41.0 Å². The van der Waals surface area contributed by atoms with E-state index in [1.807, 2.05) is 13.8 Å². The Morgan fingerprint density at radius 3 is 2.43 bits per heavy atom. The van der Waals surface area contributed by atoms with E-state index in [1.165, 1.54) is 11.3 Å². The van der Waals surface area contributed by atoms with Gasteiger partial charge in [0.1, 0.15) is 5.00 Å². The number of hydrogen-bond acceptors (Lipinski definition) is 5. The van der Waals surface area contributed by atoms with E-state index in [0.717, 1.165) is 10.4 Å². The number of rotatable bonds is 6. The summed E-state index contributed by atoms with van der Waals surface area (Å²) < 4.78 is 5.11. The third-order valence-corrected chi connectivity index (χ3v) is 4.46. The first-order valence-corrected chi connectivity index (χ1v) is 7.91. The number of carbonyl (C=O) groups excluding carboxylic acids is 2. The Labute approximate surface area is 129 Å². The lowest BCUT2D eigenvalue weighted by atomic mass is 9.93. The topological polar surface area (TPSA) is 81.4 Å². The van der Waals surface area contributed by atoms with Crippen molar-refractivity contribution >= 4 is 28.2 Å². The summed E-state index contributed by atoms with van der Waals surface area (Å²) in [5.74, 6) is -0.584. The zero-order valence-electron chi connectivity index (χ0n) is 13.3. The number of ether oxygens (including phenoxy) is 1. The average molecular weight is 312 g/mol. The van der Waals surface area contributed by atoms with Crippen LogP contribution in [0.3, 0.4) is 0 Å². The number of nitrogens with two attached hydrogens (primary N) is 1. The van der Waals surface area contributed by atoms with Crippen LogP contribution in [0.2, 0.25) is 0 Å². The van der Waals surface area contributed by atoms with E-state index < -0.39 is 5.41 Å². The highest BCUT2D eigenvalue weighted by molar-refractivity contribution is 7.16. The number of nitrogens with one attached hydrogen (secondary N) is 1. The monoisotopic (exact) mass is 312 g/mol. The molecule has 0 aliphatic carbocycles. The lowest BCUT2D eigenvalue weighted by Crippen LogP contribution is -2.37. The Bertz CT molecular complexity index is 535. The minimum absolute atomic E-state index is 0.195. The summed E-state index contributed by atoms with van der Waals surface area (Å²) in [6.45, 7) is 9.76. The smallest absolute Gasteiger partial charge is 0.341 e. The molecule has 1 aromatic heterocycles. The lowest BCUT2D eigenvalue weighted by molar-refractivity contribution is -0.123. The first-order valence-electron chi connectivity index (χ1n) is 7.09. The molecule has 0 aliphatic rings. The Hall–Kier alpha value is -1.40. The van der Waals surface area contributed by atoms with Crippen molar-refractivity contribution in [3.8, 4) is 0 Å². The van der Waals surface area contributed by atoms with Crippen LogP contribution < -0.4 is 11.1 Å². The molecule has 5 nitrogen and oxygen atoms in total. The van der Waals surface area contributed by atoms with Gasteiger partial charge in [-0.2, -0.15) is 0 Å². The van der Waals surface area contributed by atoms with Gasteiger partial charge in [0, 0.05) is 11.4 Å². The molecule has 0 atom stereocenters. The Morgan fingerprint density at radius 1 is 1.33 bits per heavy atom. The predicted molar refractivity (Wildman–Crippen MR) is 85.9 cm³/mol. The first-order chi connectivity index (χ1) is 9.78. The molecule has 0 saturated carbocycles. The summed E-state index contributed by atoms with van der Waals surface area (Å²) in [4.78, 5) is 25.5. The van der Waals surface area contributed by atoms with Gasteiger partial charge in [0.15, 0.2) is 0 Å². The van der Waals surface area contributed by atoms with Gasteiger partial charge in [-0.25, -0.2) is 4.79 Å². The van der Waals surface area contributed by atoms with Crippen molar-refractivity contribution < 1.29 is 14.3 Å². The molecule has 0 aromatic carbocycles. The van der Waals surface area contributed by atoms with Crippen molar-refractivity contribution in [3.63, 3.8) is 0 Å². The molecule has 118 valence electrons. The number of aryl methyl sites for hydroxylation is 1. The molecule has 21 heavy (non-hydrogen) atoms. The molecule has 1 rings (SSSR count). The second kappa shape index (κ2) is 7.04. The van der Waals surface area contributed by atoms with Crippen LogP contribution in [0.5, 0.6) is 0 Å². The molecular formula is C15H24N2O3S. The van der Waals surface area contributed by atoms with Crippen LogP contribution in [0.25, 0.3) is 0 Å². The molecule has 0 fully saturated rings. The maximum Gasteiger partial charge on any atom is 0.341 e. The van der Waals surface area contributed by atoms with Gasteiger partial charge in [0.05, 0.1) is 17.6 Å². The summed E-state index contributed by atoms with van der Waals surface area (Å²) in [6.07, 6.45) is 0.715. The fourth-order valence-electron chi connectivity index (χ4n) is 1.88. The second-order valence-corrected chi connectivity index (χ2v) is 6.68. The fourth-order valence-corrected chi connectivity index (χ4v) is 3.00. The molecule has 0 saturated heterocycles. The highest BCUT2D eigenvalue weighted by Gasteiger charge is 2.29. The van der Waals surface area contributed by atoms with Gasteiger partial charge < -0.3 is 15.8 Å². The highest BCUT2D eigenvalue weighted by Crippen LogP contribution is 2.35.